The molecule has 0 spiro atoms. The van der Waals surface area contributed by atoms with Gasteiger partial charge >= 0.3 is 5.97 Å². The third kappa shape index (κ3) is 4.16. The van der Waals surface area contributed by atoms with Crippen molar-refractivity contribution in [2.75, 3.05) is 25.6 Å². The second-order valence-corrected chi connectivity index (χ2v) is 8.87. The number of anilines is 1. The molecule has 8 nitrogen and oxygen atoms in total. The predicted molar refractivity (Wildman–Crippen MR) is 129 cm³/mol. The molecule has 33 heavy (non-hydrogen) atoms. The van der Waals surface area contributed by atoms with Gasteiger partial charge in [0.1, 0.15) is 0 Å². The van der Waals surface area contributed by atoms with E-state index in [1.165, 1.54) is 11.3 Å². The fourth-order valence-corrected chi connectivity index (χ4v) is 4.96. The Morgan fingerprint density at radius 3 is 2.58 bits per heavy atom. The van der Waals surface area contributed by atoms with E-state index in [1.807, 2.05) is 67.0 Å². The Balaban J connectivity index is 1.94. The first-order chi connectivity index (χ1) is 15.8. The van der Waals surface area contributed by atoms with E-state index in [9.17, 15) is 9.59 Å². The van der Waals surface area contributed by atoms with Gasteiger partial charge in [-0.1, -0.05) is 23.5 Å². The number of benzene rings is 1. The number of ether oxygens (including phenoxy) is 1. The molecule has 1 aliphatic heterocycles. The predicted octanol–water partition coefficient (Wildman–Crippen LogP) is 2.08. The minimum Gasteiger partial charge on any atom is -0.463 e. The minimum absolute atomic E-state index is 0.196. The lowest BCUT2D eigenvalue weighted by Crippen LogP contribution is -2.40. The molecule has 9 heteroatoms. The van der Waals surface area contributed by atoms with Crippen LogP contribution in [0.4, 0.5) is 5.69 Å². The van der Waals surface area contributed by atoms with Crippen LogP contribution < -0.4 is 19.8 Å². The Kier molecular flexibility index (Phi) is 6.33. The van der Waals surface area contributed by atoms with Crippen LogP contribution in [0, 0.1) is 0 Å². The molecule has 0 fully saturated rings. The van der Waals surface area contributed by atoms with Crippen LogP contribution in [0.15, 0.2) is 57.6 Å². The first-order valence-corrected chi connectivity index (χ1v) is 11.7. The summed E-state index contributed by atoms with van der Waals surface area (Å²) in [6.45, 7) is 6.49. The van der Waals surface area contributed by atoms with Crippen LogP contribution in [0.1, 0.15) is 38.1 Å². The zero-order valence-electron chi connectivity index (χ0n) is 19.4. The van der Waals surface area contributed by atoms with Gasteiger partial charge in [-0.2, -0.15) is 5.10 Å². The number of hydrogen-bond acceptors (Lipinski definition) is 7. The highest BCUT2D eigenvalue weighted by molar-refractivity contribution is 7.07. The van der Waals surface area contributed by atoms with E-state index < -0.39 is 12.0 Å². The second-order valence-electron chi connectivity index (χ2n) is 7.86. The van der Waals surface area contributed by atoms with E-state index in [4.69, 9.17) is 4.74 Å². The standard InChI is InChI=1S/C24H27N5O3S/c1-6-28-18(12-13-25-28)14-19-22(30)29-21(16-8-10-17(11-9-16)27(4)5)20(23(31)32-7-2)15(3)26-24(29)33-19/h8-14,21H,6-7H2,1-5H3/b19-14+. The van der Waals surface area contributed by atoms with Gasteiger partial charge in [-0.3, -0.25) is 14.0 Å². The van der Waals surface area contributed by atoms with Crippen molar-refractivity contribution in [2.24, 2.45) is 4.99 Å². The Bertz CT molecular complexity index is 1390. The summed E-state index contributed by atoms with van der Waals surface area (Å²) in [4.78, 5) is 33.7. The van der Waals surface area contributed by atoms with Crippen molar-refractivity contribution in [1.82, 2.24) is 14.3 Å². The number of fused-ring (bicyclic) bond motifs is 1. The summed E-state index contributed by atoms with van der Waals surface area (Å²) in [7, 11) is 3.93. The zero-order valence-corrected chi connectivity index (χ0v) is 20.2. The van der Waals surface area contributed by atoms with Crippen molar-refractivity contribution in [2.45, 2.75) is 33.4 Å². The molecule has 0 N–H and O–H groups in total. The summed E-state index contributed by atoms with van der Waals surface area (Å²) in [6, 6.07) is 9.10. The number of carbonyl (C=O) groups excluding carboxylic acids is 1. The summed E-state index contributed by atoms with van der Waals surface area (Å²) in [5.74, 6) is -0.459. The Morgan fingerprint density at radius 1 is 1.21 bits per heavy atom. The highest BCUT2D eigenvalue weighted by atomic mass is 32.1. The molecule has 1 aliphatic rings. The number of nitrogens with zero attached hydrogens (tertiary/aromatic N) is 5. The number of carbonyl (C=O) groups is 1. The SMILES string of the molecule is CCOC(=O)C1=C(C)N=c2s/c(=C/c3ccnn3CC)c(=O)n2C1c1ccc(N(C)C)cc1. The largest absolute Gasteiger partial charge is 0.463 e. The summed E-state index contributed by atoms with van der Waals surface area (Å²) < 4.78 is 9.31. The zero-order chi connectivity index (χ0) is 23.7. The maximum absolute atomic E-state index is 13.6. The van der Waals surface area contributed by atoms with Gasteiger partial charge in [0.05, 0.1) is 34.1 Å². The fraction of sp³-hybridized carbons (Fsp3) is 0.333. The summed E-state index contributed by atoms with van der Waals surface area (Å²) in [6.07, 6.45) is 3.54. The van der Waals surface area contributed by atoms with E-state index in [0.29, 0.717) is 27.1 Å². The van der Waals surface area contributed by atoms with Crippen molar-refractivity contribution in [3.63, 3.8) is 0 Å². The Hall–Kier alpha value is -3.46. The van der Waals surface area contributed by atoms with E-state index in [1.54, 1.807) is 24.6 Å². The molecule has 0 saturated carbocycles. The molecule has 0 bridgehead atoms. The minimum atomic E-state index is -0.616. The Morgan fingerprint density at radius 2 is 1.94 bits per heavy atom. The van der Waals surface area contributed by atoms with Gasteiger partial charge in [0.15, 0.2) is 4.80 Å². The van der Waals surface area contributed by atoms with Gasteiger partial charge in [-0.15, -0.1) is 0 Å². The third-order valence-corrected chi connectivity index (χ3v) is 6.55. The first kappa shape index (κ1) is 22.7. The smallest absolute Gasteiger partial charge is 0.338 e. The van der Waals surface area contributed by atoms with Crippen LogP contribution in [-0.2, 0) is 16.1 Å². The maximum Gasteiger partial charge on any atom is 0.338 e. The summed E-state index contributed by atoms with van der Waals surface area (Å²) in [5, 5.41) is 4.28. The van der Waals surface area contributed by atoms with Gasteiger partial charge in [0.25, 0.3) is 5.56 Å². The van der Waals surface area contributed by atoms with Crippen LogP contribution in [0.2, 0.25) is 0 Å². The van der Waals surface area contributed by atoms with Crippen LogP contribution in [0.5, 0.6) is 0 Å². The van der Waals surface area contributed by atoms with Gasteiger partial charge in [-0.05, 0) is 50.6 Å². The molecular weight excluding hydrogens is 438 g/mol. The van der Waals surface area contributed by atoms with Crippen molar-refractivity contribution in [1.29, 1.82) is 0 Å². The quantitative estimate of drug-likeness (QED) is 0.521. The lowest BCUT2D eigenvalue weighted by Gasteiger charge is -2.25. The van der Waals surface area contributed by atoms with Gasteiger partial charge < -0.3 is 9.64 Å². The van der Waals surface area contributed by atoms with Crippen molar-refractivity contribution in [3.05, 3.63) is 78.7 Å². The molecule has 3 aromatic rings. The highest BCUT2D eigenvalue weighted by Gasteiger charge is 2.33. The monoisotopic (exact) mass is 465 g/mol. The van der Waals surface area contributed by atoms with Gasteiger partial charge in [0, 0.05) is 32.5 Å². The number of thiazole rings is 1. The molecule has 1 unspecified atom stereocenters. The van der Waals surface area contributed by atoms with E-state index in [0.717, 1.165) is 16.9 Å². The second kappa shape index (κ2) is 9.19. The van der Waals surface area contributed by atoms with Crippen molar-refractivity contribution >= 4 is 29.1 Å². The van der Waals surface area contributed by atoms with E-state index >= 15 is 0 Å². The molecule has 4 rings (SSSR count). The highest BCUT2D eigenvalue weighted by Crippen LogP contribution is 2.31. The van der Waals surface area contributed by atoms with E-state index in [2.05, 4.69) is 10.1 Å². The molecule has 0 aliphatic carbocycles. The van der Waals surface area contributed by atoms with Gasteiger partial charge in [-0.25, -0.2) is 9.79 Å². The van der Waals surface area contributed by atoms with Crippen molar-refractivity contribution in [3.8, 4) is 0 Å². The van der Waals surface area contributed by atoms with Crippen molar-refractivity contribution < 1.29 is 9.53 Å². The lowest BCUT2D eigenvalue weighted by molar-refractivity contribution is -0.139. The number of rotatable bonds is 6. The fourth-order valence-electron chi connectivity index (χ4n) is 3.93. The summed E-state index contributed by atoms with van der Waals surface area (Å²) in [5.41, 5.74) is 3.43. The number of aryl methyl sites for hydroxylation is 1. The van der Waals surface area contributed by atoms with E-state index in [-0.39, 0.29) is 12.2 Å². The Labute approximate surface area is 195 Å². The lowest BCUT2D eigenvalue weighted by atomic mass is 9.95. The first-order valence-electron chi connectivity index (χ1n) is 10.8. The molecule has 1 aromatic carbocycles. The topological polar surface area (TPSA) is 81.7 Å². The van der Waals surface area contributed by atoms with Crippen LogP contribution in [-0.4, -0.2) is 41.0 Å². The molecule has 172 valence electrons. The number of allylic oxidation sites excluding steroid dienone is 1. The number of hydrogen-bond donors (Lipinski definition) is 0. The average Bonchev–Trinajstić information content (AvgIpc) is 3.37. The molecule has 2 aromatic heterocycles. The van der Waals surface area contributed by atoms with Crippen LogP contribution in [0.25, 0.3) is 6.08 Å². The van der Waals surface area contributed by atoms with Crippen LogP contribution in [0.3, 0.4) is 0 Å². The molecule has 0 saturated heterocycles. The number of aromatic nitrogens is 3. The molecule has 0 amide bonds. The summed E-state index contributed by atoms with van der Waals surface area (Å²) >= 11 is 1.31. The molecule has 0 radical (unpaired) electrons. The van der Waals surface area contributed by atoms with Crippen LogP contribution >= 0.6 is 11.3 Å². The molecule has 3 heterocycles. The molecule has 1 atom stereocenters. The van der Waals surface area contributed by atoms with Gasteiger partial charge in [0.2, 0.25) is 0 Å². The third-order valence-electron chi connectivity index (χ3n) is 5.57. The average molecular weight is 466 g/mol. The maximum atomic E-state index is 13.6. The molecular formula is C24H27N5O3S. The number of esters is 1. The normalized spacial score (nSPS) is 15.9.